The highest BCUT2D eigenvalue weighted by atomic mass is 16.6. The van der Waals surface area contributed by atoms with Crippen molar-refractivity contribution in [1.29, 1.82) is 0 Å². The van der Waals surface area contributed by atoms with Crippen LogP contribution in [0.3, 0.4) is 0 Å². The Kier molecular flexibility index (Phi) is 2.75. The number of cyclic esters (lactones) is 1. The summed E-state index contributed by atoms with van der Waals surface area (Å²) >= 11 is 0. The van der Waals surface area contributed by atoms with E-state index in [1.54, 1.807) is 0 Å². The van der Waals surface area contributed by atoms with Gasteiger partial charge in [-0.3, -0.25) is 0 Å². The standard InChI is InChI=1S/C12H20N2O2/c15-12-14(10-3-1-2-4-10)8-11(16-12)9-5-6-13-7-9/h9-11,13H,1-8H2. The van der Waals surface area contributed by atoms with Crippen LogP contribution in [0.4, 0.5) is 4.79 Å². The summed E-state index contributed by atoms with van der Waals surface area (Å²) in [6.45, 7) is 2.91. The van der Waals surface area contributed by atoms with Crippen LogP contribution in [-0.2, 0) is 4.74 Å². The number of carbonyl (C=O) groups excluding carboxylic acids is 1. The number of hydrogen-bond donors (Lipinski definition) is 1. The summed E-state index contributed by atoms with van der Waals surface area (Å²) in [4.78, 5) is 13.8. The number of carbonyl (C=O) groups is 1. The van der Waals surface area contributed by atoms with Gasteiger partial charge >= 0.3 is 6.09 Å². The molecule has 0 bridgehead atoms. The molecule has 1 amide bonds. The Morgan fingerprint density at radius 3 is 2.75 bits per heavy atom. The van der Waals surface area contributed by atoms with Gasteiger partial charge in [0.05, 0.1) is 6.54 Å². The largest absolute Gasteiger partial charge is 0.444 e. The molecule has 2 heterocycles. The third kappa shape index (κ3) is 1.79. The molecule has 0 aromatic rings. The van der Waals surface area contributed by atoms with Crippen LogP contribution in [0.2, 0.25) is 0 Å². The normalized spacial score (nSPS) is 36.0. The van der Waals surface area contributed by atoms with E-state index in [2.05, 4.69) is 5.32 Å². The molecule has 4 heteroatoms. The maximum Gasteiger partial charge on any atom is 0.410 e. The van der Waals surface area contributed by atoms with Gasteiger partial charge in [-0.2, -0.15) is 0 Å². The van der Waals surface area contributed by atoms with Gasteiger partial charge in [-0.25, -0.2) is 4.79 Å². The maximum absolute atomic E-state index is 11.8. The van der Waals surface area contributed by atoms with Gasteiger partial charge in [0.2, 0.25) is 0 Å². The second kappa shape index (κ2) is 4.24. The quantitative estimate of drug-likeness (QED) is 0.770. The van der Waals surface area contributed by atoms with E-state index >= 15 is 0 Å². The molecule has 1 saturated carbocycles. The molecule has 2 atom stereocenters. The molecule has 2 aliphatic heterocycles. The summed E-state index contributed by atoms with van der Waals surface area (Å²) in [5, 5.41) is 3.34. The Morgan fingerprint density at radius 2 is 2.06 bits per heavy atom. The van der Waals surface area contributed by atoms with E-state index in [4.69, 9.17) is 4.74 Å². The Balaban J connectivity index is 1.62. The molecule has 90 valence electrons. The first-order chi connectivity index (χ1) is 7.84. The van der Waals surface area contributed by atoms with Crippen LogP contribution in [0.1, 0.15) is 32.1 Å². The lowest BCUT2D eigenvalue weighted by Crippen LogP contribution is -2.35. The van der Waals surface area contributed by atoms with Gasteiger partial charge < -0.3 is 15.0 Å². The van der Waals surface area contributed by atoms with Crippen LogP contribution in [0, 0.1) is 5.92 Å². The Bertz CT molecular complexity index is 270. The number of hydrogen-bond acceptors (Lipinski definition) is 3. The first-order valence-electron chi connectivity index (χ1n) is 6.52. The molecule has 2 saturated heterocycles. The monoisotopic (exact) mass is 224 g/mol. The second-order valence-electron chi connectivity index (χ2n) is 5.27. The molecule has 1 N–H and O–H groups in total. The second-order valence-corrected chi connectivity index (χ2v) is 5.27. The molecule has 2 unspecified atom stereocenters. The SMILES string of the molecule is O=C1OC(C2CCNC2)CN1C1CCCC1. The van der Waals surface area contributed by atoms with Gasteiger partial charge in [0, 0.05) is 18.5 Å². The highest BCUT2D eigenvalue weighted by molar-refractivity contribution is 5.70. The third-order valence-corrected chi connectivity index (χ3v) is 4.25. The minimum absolute atomic E-state index is 0.0659. The lowest BCUT2D eigenvalue weighted by molar-refractivity contribution is 0.106. The fourth-order valence-corrected chi connectivity index (χ4v) is 3.26. The van der Waals surface area contributed by atoms with E-state index < -0.39 is 0 Å². The summed E-state index contributed by atoms with van der Waals surface area (Å²) in [6.07, 6.45) is 6.10. The van der Waals surface area contributed by atoms with Crippen molar-refractivity contribution in [2.75, 3.05) is 19.6 Å². The minimum atomic E-state index is -0.0659. The van der Waals surface area contributed by atoms with Crippen LogP contribution in [-0.4, -0.2) is 42.8 Å². The first kappa shape index (κ1) is 10.4. The van der Waals surface area contributed by atoms with Gasteiger partial charge in [-0.1, -0.05) is 12.8 Å². The zero-order valence-electron chi connectivity index (χ0n) is 9.65. The number of nitrogens with one attached hydrogen (secondary N) is 1. The van der Waals surface area contributed by atoms with Crippen molar-refractivity contribution in [3.8, 4) is 0 Å². The van der Waals surface area contributed by atoms with E-state index in [1.165, 1.54) is 25.7 Å². The summed E-state index contributed by atoms with van der Waals surface area (Å²) < 4.78 is 5.52. The summed E-state index contributed by atoms with van der Waals surface area (Å²) in [5.41, 5.74) is 0. The third-order valence-electron chi connectivity index (χ3n) is 4.25. The maximum atomic E-state index is 11.8. The molecule has 1 aliphatic carbocycles. The fraction of sp³-hybridized carbons (Fsp3) is 0.917. The molecule has 0 aromatic carbocycles. The Labute approximate surface area is 96.3 Å². The number of amides is 1. The summed E-state index contributed by atoms with van der Waals surface area (Å²) in [6, 6.07) is 0.465. The average Bonchev–Trinajstić information content (AvgIpc) is 2.97. The highest BCUT2D eigenvalue weighted by Crippen LogP contribution is 2.30. The van der Waals surface area contributed by atoms with Gasteiger partial charge in [0.15, 0.2) is 0 Å². The average molecular weight is 224 g/mol. The minimum Gasteiger partial charge on any atom is -0.444 e. The molecular weight excluding hydrogens is 204 g/mol. The van der Waals surface area contributed by atoms with E-state index in [1.807, 2.05) is 4.90 Å². The fourth-order valence-electron chi connectivity index (χ4n) is 3.26. The van der Waals surface area contributed by atoms with Crippen LogP contribution < -0.4 is 5.32 Å². The molecular formula is C12H20N2O2. The molecule has 0 aromatic heterocycles. The van der Waals surface area contributed by atoms with Crippen molar-refractivity contribution < 1.29 is 9.53 Å². The van der Waals surface area contributed by atoms with Crippen molar-refractivity contribution in [2.24, 2.45) is 5.92 Å². The van der Waals surface area contributed by atoms with E-state index in [0.717, 1.165) is 26.1 Å². The number of ether oxygens (including phenoxy) is 1. The number of rotatable bonds is 2. The van der Waals surface area contributed by atoms with Crippen LogP contribution >= 0.6 is 0 Å². The van der Waals surface area contributed by atoms with E-state index in [-0.39, 0.29) is 12.2 Å². The molecule has 3 fully saturated rings. The van der Waals surface area contributed by atoms with Crippen molar-refractivity contribution in [2.45, 2.75) is 44.2 Å². The van der Waals surface area contributed by atoms with E-state index in [9.17, 15) is 4.79 Å². The highest BCUT2D eigenvalue weighted by Gasteiger charge is 2.41. The lowest BCUT2D eigenvalue weighted by Gasteiger charge is -2.21. The molecule has 3 rings (SSSR count). The molecule has 0 spiro atoms. The topological polar surface area (TPSA) is 41.6 Å². The van der Waals surface area contributed by atoms with Crippen LogP contribution in [0.25, 0.3) is 0 Å². The molecule has 16 heavy (non-hydrogen) atoms. The van der Waals surface area contributed by atoms with E-state index in [0.29, 0.717) is 12.0 Å². The zero-order valence-corrected chi connectivity index (χ0v) is 9.65. The van der Waals surface area contributed by atoms with Gasteiger partial charge in [-0.15, -0.1) is 0 Å². The van der Waals surface area contributed by atoms with Crippen molar-refractivity contribution >= 4 is 6.09 Å². The predicted octanol–water partition coefficient (Wildman–Crippen LogP) is 1.36. The van der Waals surface area contributed by atoms with Crippen LogP contribution in [0.15, 0.2) is 0 Å². The lowest BCUT2D eigenvalue weighted by atomic mass is 10.0. The summed E-state index contributed by atoms with van der Waals surface area (Å²) in [7, 11) is 0. The smallest absolute Gasteiger partial charge is 0.410 e. The van der Waals surface area contributed by atoms with Crippen molar-refractivity contribution in [3.63, 3.8) is 0 Å². The van der Waals surface area contributed by atoms with Crippen molar-refractivity contribution in [3.05, 3.63) is 0 Å². The molecule has 4 nitrogen and oxygen atoms in total. The Hall–Kier alpha value is -0.770. The predicted molar refractivity (Wildman–Crippen MR) is 60.2 cm³/mol. The molecule has 0 radical (unpaired) electrons. The van der Waals surface area contributed by atoms with Gasteiger partial charge in [0.25, 0.3) is 0 Å². The first-order valence-corrected chi connectivity index (χ1v) is 6.52. The van der Waals surface area contributed by atoms with Gasteiger partial charge in [0.1, 0.15) is 6.10 Å². The number of nitrogens with zero attached hydrogens (tertiary/aromatic N) is 1. The van der Waals surface area contributed by atoms with Gasteiger partial charge in [-0.05, 0) is 25.8 Å². The summed E-state index contributed by atoms with van der Waals surface area (Å²) in [5.74, 6) is 0.537. The molecule has 3 aliphatic rings. The van der Waals surface area contributed by atoms with Crippen LogP contribution in [0.5, 0.6) is 0 Å². The zero-order chi connectivity index (χ0) is 11.0. The van der Waals surface area contributed by atoms with Crippen molar-refractivity contribution in [1.82, 2.24) is 10.2 Å². The Morgan fingerprint density at radius 1 is 1.25 bits per heavy atom.